The lowest BCUT2D eigenvalue weighted by atomic mass is 10.1. The normalized spacial score (nSPS) is 13.5. The summed E-state index contributed by atoms with van der Waals surface area (Å²) >= 11 is 0. The number of Topliss-reactive ketones (excluding diaryl/α,β-unsaturated/α-hetero) is 1. The summed E-state index contributed by atoms with van der Waals surface area (Å²) in [7, 11) is 0. The Labute approximate surface area is 182 Å². The van der Waals surface area contributed by atoms with E-state index in [0.29, 0.717) is 22.6 Å². The number of ketones is 1. The van der Waals surface area contributed by atoms with Crippen molar-refractivity contribution in [3.8, 4) is 11.5 Å². The van der Waals surface area contributed by atoms with Crippen molar-refractivity contribution in [2.45, 2.75) is 20.8 Å². The monoisotopic (exact) mass is 421 g/mol. The summed E-state index contributed by atoms with van der Waals surface area (Å²) in [5, 5.41) is 0. The number of ether oxygens (including phenoxy) is 3. The van der Waals surface area contributed by atoms with Gasteiger partial charge in [-0.15, -0.1) is 0 Å². The number of nitrogens with zero attached hydrogens (tertiary/aromatic N) is 1. The van der Waals surface area contributed by atoms with Gasteiger partial charge in [-0.1, -0.05) is 24.8 Å². The smallest absolute Gasteiger partial charge is 0.344 e. The third-order valence-corrected chi connectivity index (χ3v) is 5.06. The van der Waals surface area contributed by atoms with Crippen molar-refractivity contribution < 1.29 is 23.8 Å². The topological polar surface area (TPSA) is 65.1 Å². The van der Waals surface area contributed by atoms with Crippen LogP contribution in [0.4, 0.5) is 5.69 Å². The molecule has 2 aromatic carbocycles. The van der Waals surface area contributed by atoms with Gasteiger partial charge in [0.05, 0.1) is 5.56 Å². The molecule has 0 saturated carbocycles. The molecule has 0 unspecified atom stereocenters. The fourth-order valence-corrected chi connectivity index (χ4v) is 3.38. The fourth-order valence-electron chi connectivity index (χ4n) is 3.38. The summed E-state index contributed by atoms with van der Waals surface area (Å²) in [6.45, 7) is 11.3. The van der Waals surface area contributed by atoms with Crippen molar-refractivity contribution in [3.05, 3.63) is 71.5 Å². The summed E-state index contributed by atoms with van der Waals surface area (Å²) in [6.07, 6.45) is 3.23. The van der Waals surface area contributed by atoms with Crippen LogP contribution in [-0.2, 0) is 9.53 Å². The second-order valence-electron chi connectivity index (χ2n) is 7.03. The molecule has 0 aromatic heterocycles. The van der Waals surface area contributed by atoms with Gasteiger partial charge in [0.15, 0.2) is 12.4 Å². The van der Waals surface area contributed by atoms with Gasteiger partial charge in [0, 0.05) is 24.3 Å². The Balaban J connectivity index is 1.75. The molecule has 0 spiro atoms. The number of rotatable bonds is 9. The van der Waals surface area contributed by atoms with Crippen LogP contribution in [0.5, 0.6) is 11.5 Å². The van der Waals surface area contributed by atoms with Crippen LogP contribution in [0.2, 0.25) is 0 Å². The predicted molar refractivity (Wildman–Crippen MR) is 121 cm³/mol. The largest absolute Gasteiger partial charge is 0.481 e. The Morgan fingerprint density at radius 1 is 1.13 bits per heavy atom. The van der Waals surface area contributed by atoms with Crippen molar-refractivity contribution in [1.82, 2.24) is 0 Å². The molecular formula is C25H27NO5. The molecule has 6 nitrogen and oxygen atoms in total. The quantitative estimate of drug-likeness (QED) is 0.336. The average molecular weight is 421 g/mol. The van der Waals surface area contributed by atoms with E-state index in [1.54, 1.807) is 25.1 Å². The van der Waals surface area contributed by atoms with Gasteiger partial charge in [-0.3, -0.25) is 4.79 Å². The molecule has 0 saturated heterocycles. The van der Waals surface area contributed by atoms with E-state index in [2.05, 4.69) is 25.3 Å². The minimum Gasteiger partial charge on any atom is -0.481 e. The third-order valence-electron chi connectivity index (χ3n) is 5.06. The van der Waals surface area contributed by atoms with Crippen molar-refractivity contribution in [2.24, 2.45) is 0 Å². The SMILES string of the molecule is C=CCOC(=O)COc1ccc2c(c1C)O/C(=C\c1ccc(N(CC)CC)cc1)C2=O. The van der Waals surface area contributed by atoms with Gasteiger partial charge in [-0.2, -0.15) is 0 Å². The van der Waals surface area contributed by atoms with E-state index in [1.165, 1.54) is 6.08 Å². The summed E-state index contributed by atoms with van der Waals surface area (Å²) < 4.78 is 16.3. The zero-order valence-electron chi connectivity index (χ0n) is 18.1. The lowest BCUT2D eigenvalue weighted by Crippen LogP contribution is -2.21. The number of anilines is 1. The number of hydrogen-bond donors (Lipinski definition) is 0. The van der Waals surface area contributed by atoms with Gasteiger partial charge in [0.25, 0.3) is 0 Å². The molecule has 0 fully saturated rings. The van der Waals surface area contributed by atoms with Gasteiger partial charge in [0.1, 0.15) is 18.1 Å². The number of allylic oxidation sites excluding steroid dienone is 1. The van der Waals surface area contributed by atoms with Crippen LogP contribution in [-0.4, -0.2) is 38.1 Å². The molecule has 162 valence electrons. The molecule has 6 heteroatoms. The fraction of sp³-hybridized carbons (Fsp3) is 0.280. The molecule has 0 aliphatic carbocycles. The third kappa shape index (κ3) is 4.97. The Morgan fingerprint density at radius 3 is 2.48 bits per heavy atom. The highest BCUT2D eigenvalue weighted by Gasteiger charge is 2.30. The molecule has 0 amide bonds. The molecule has 0 N–H and O–H groups in total. The Kier molecular flexibility index (Phi) is 7.13. The van der Waals surface area contributed by atoms with Gasteiger partial charge in [-0.25, -0.2) is 4.79 Å². The predicted octanol–water partition coefficient (Wildman–Crippen LogP) is 4.57. The van der Waals surface area contributed by atoms with Crippen LogP contribution >= 0.6 is 0 Å². The Hall–Kier alpha value is -3.54. The molecule has 31 heavy (non-hydrogen) atoms. The zero-order valence-corrected chi connectivity index (χ0v) is 18.1. The van der Waals surface area contributed by atoms with E-state index in [-0.39, 0.29) is 24.8 Å². The lowest BCUT2D eigenvalue weighted by molar-refractivity contribution is -0.144. The lowest BCUT2D eigenvalue weighted by Gasteiger charge is -2.20. The van der Waals surface area contributed by atoms with E-state index in [0.717, 1.165) is 24.3 Å². The zero-order chi connectivity index (χ0) is 22.4. The van der Waals surface area contributed by atoms with E-state index in [1.807, 2.05) is 24.3 Å². The second-order valence-corrected chi connectivity index (χ2v) is 7.03. The molecule has 0 radical (unpaired) electrons. The maximum Gasteiger partial charge on any atom is 0.344 e. The van der Waals surface area contributed by atoms with Crippen molar-refractivity contribution in [2.75, 3.05) is 31.2 Å². The van der Waals surface area contributed by atoms with Gasteiger partial charge >= 0.3 is 5.97 Å². The number of fused-ring (bicyclic) bond motifs is 1. The number of carbonyl (C=O) groups excluding carboxylic acids is 2. The number of benzene rings is 2. The Bertz CT molecular complexity index is 1000. The summed E-state index contributed by atoms with van der Waals surface area (Å²) in [6, 6.07) is 11.3. The first-order valence-electron chi connectivity index (χ1n) is 10.3. The number of esters is 1. The minimum atomic E-state index is -0.495. The molecule has 0 atom stereocenters. The van der Waals surface area contributed by atoms with Crippen molar-refractivity contribution in [3.63, 3.8) is 0 Å². The molecule has 1 aliphatic rings. The van der Waals surface area contributed by atoms with Gasteiger partial charge in [0.2, 0.25) is 5.78 Å². The molecule has 0 bridgehead atoms. The maximum absolute atomic E-state index is 12.8. The van der Waals surface area contributed by atoms with Crippen LogP contribution in [0.3, 0.4) is 0 Å². The summed E-state index contributed by atoms with van der Waals surface area (Å²) in [4.78, 5) is 26.7. The molecular weight excluding hydrogens is 394 g/mol. The van der Waals surface area contributed by atoms with Crippen LogP contribution in [0, 0.1) is 6.92 Å². The average Bonchev–Trinajstić information content (AvgIpc) is 3.10. The number of carbonyl (C=O) groups is 2. The summed E-state index contributed by atoms with van der Waals surface area (Å²) in [5.74, 6) is 0.504. The molecule has 1 heterocycles. The molecule has 3 rings (SSSR count). The van der Waals surface area contributed by atoms with Crippen LogP contribution in [0.1, 0.15) is 35.3 Å². The standard InChI is InChI=1S/C25H27NO5/c1-5-14-29-23(27)16-30-21-13-12-20-24(28)22(31-25(20)17(21)4)15-18-8-10-19(11-9-18)26(6-2)7-3/h5,8-13,15H,1,6-7,14,16H2,2-4H3/b22-15-. The first-order valence-corrected chi connectivity index (χ1v) is 10.3. The van der Waals surface area contributed by atoms with E-state index < -0.39 is 5.97 Å². The first-order chi connectivity index (χ1) is 15.0. The van der Waals surface area contributed by atoms with Gasteiger partial charge < -0.3 is 19.1 Å². The van der Waals surface area contributed by atoms with Crippen molar-refractivity contribution in [1.29, 1.82) is 0 Å². The van der Waals surface area contributed by atoms with Gasteiger partial charge in [-0.05, 0) is 56.7 Å². The highest BCUT2D eigenvalue weighted by Crippen LogP contribution is 2.39. The van der Waals surface area contributed by atoms with Crippen LogP contribution < -0.4 is 14.4 Å². The highest BCUT2D eigenvalue weighted by atomic mass is 16.6. The van der Waals surface area contributed by atoms with Crippen molar-refractivity contribution >= 4 is 23.5 Å². The Morgan fingerprint density at radius 2 is 1.84 bits per heavy atom. The second kappa shape index (κ2) is 9.98. The molecule has 1 aliphatic heterocycles. The van der Waals surface area contributed by atoms with E-state index in [9.17, 15) is 9.59 Å². The first kappa shape index (κ1) is 22.2. The van der Waals surface area contributed by atoms with Crippen LogP contribution in [0.15, 0.2) is 54.8 Å². The summed E-state index contributed by atoms with van der Waals surface area (Å²) in [5.41, 5.74) is 3.15. The maximum atomic E-state index is 12.8. The minimum absolute atomic E-state index is 0.132. The van der Waals surface area contributed by atoms with E-state index >= 15 is 0 Å². The molecule has 2 aromatic rings. The highest BCUT2D eigenvalue weighted by molar-refractivity contribution is 6.15. The van der Waals surface area contributed by atoms with Crippen LogP contribution in [0.25, 0.3) is 6.08 Å². The number of hydrogen-bond acceptors (Lipinski definition) is 6. The van der Waals surface area contributed by atoms with E-state index in [4.69, 9.17) is 14.2 Å².